The van der Waals surface area contributed by atoms with E-state index in [1.54, 1.807) is 6.92 Å². The zero-order valence-corrected chi connectivity index (χ0v) is 11.0. The second kappa shape index (κ2) is 5.16. The molecule has 1 aliphatic rings. The summed E-state index contributed by atoms with van der Waals surface area (Å²) in [6.07, 6.45) is 1.26. The topological polar surface area (TPSA) is 83.9 Å². The lowest BCUT2D eigenvalue weighted by Crippen LogP contribution is -2.31. The van der Waals surface area contributed by atoms with Crippen LogP contribution in [0.4, 0.5) is 5.69 Å². The molecule has 0 aromatic heterocycles. The molecule has 0 saturated heterocycles. The van der Waals surface area contributed by atoms with Crippen LogP contribution in [0, 0.1) is 0 Å². The minimum Gasteiger partial charge on any atom is -0.501 e. The van der Waals surface area contributed by atoms with Crippen molar-refractivity contribution < 1.29 is 24.2 Å². The zero-order valence-electron chi connectivity index (χ0n) is 11.0. The molecule has 1 aliphatic heterocycles. The smallest absolute Gasteiger partial charge is 0.335 e. The molecule has 2 amide bonds. The van der Waals surface area contributed by atoms with E-state index in [0.717, 1.165) is 4.90 Å². The Kier molecular flexibility index (Phi) is 3.56. The molecule has 2 rings (SSSR count). The van der Waals surface area contributed by atoms with Crippen molar-refractivity contribution in [3.63, 3.8) is 0 Å². The van der Waals surface area contributed by atoms with Gasteiger partial charge in [0.25, 0.3) is 5.91 Å². The number of nitrogens with zero attached hydrogens (tertiary/aromatic N) is 1. The molecule has 0 radical (unpaired) electrons. The fraction of sp³-hybridized carbons (Fsp3) is 0.214. The summed E-state index contributed by atoms with van der Waals surface area (Å²) in [6, 6.07) is 4.17. The third-order valence-electron chi connectivity index (χ3n) is 2.89. The highest BCUT2D eigenvalue weighted by atomic mass is 16.5. The number of carbonyl (C=O) groups excluding carboxylic acids is 2. The number of carbonyl (C=O) groups is 3. The van der Waals surface area contributed by atoms with Crippen LogP contribution in [0.1, 0.15) is 29.8 Å². The summed E-state index contributed by atoms with van der Waals surface area (Å²) in [4.78, 5) is 35.8. The molecule has 6 heteroatoms. The van der Waals surface area contributed by atoms with Crippen LogP contribution in [0.2, 0.25) is 0 Å². The van der Waals surface area contributed by atoms with E-state index in [2.05, 4.69) is 0 Å². The zero-order chi connectivity index (χ0) is 14.9. The largest absolute Gasteiger partial charge is 0.501 e. The number of rotatable bonds is 3. The first-order chi connectivity index (χ1) is 9.47. The number of anilines is 1. The summed E-state index contributed by atoms with van der Waals surface area (Å²) in [5.74, 6) is -2.04. The molecule has 0 fully saturated rings. The van der Waals surface area contributed by atoms with Gasteiger partial charge in [0.15, 0.2) is 0 Å². The van der Waals surface area contributed by atoms with Gasteiger partial charge in [0.1, 0.15) is 0 Å². The van der Waals surface area contributed by atoms with E-state index < -0.39 is 17.8 Å². The summed E-state index contributed by atoms with van der Waals surface area (Å²) in [7, 11) is 0. The standard InChI is InChI=1S/C14H13NO5/c1-3-20-7-11-10-6-9(14(18)19)4-5-12(10)15(8(2)16)13(11)17/h4-7H,3H2,1-2H3,(H,18,19). The number of hydrogen-bond donors (Lipinski definition) is 1. The Bertz CT molecular complexity index is 632. The highest BCUT2D eigenvalue weighted by Gasteiger charge is 2.36. The number of imide groups is 1. The van der Waals surface area contributed by atoms with Gasteiger partial charge in [-0.3, -0.25) is 9.59 Å². The third kappa shape index (κ3) is 2.16. The fourth-order valence-electron chi connectivity index (χ4n) is 2.02. The number of ether oxygens (including phenoxy) is 1. The molecule has 20 heavy (non-hydrogen) atoms. The molecule has 6 nitrogen and oxygen atoms in total. The van der Waals surface area contributed by atoms with Crippen LogP contribution in [0.5, 0.6) is 0 Å². The normalized spacial score (nSPS) is 15.4. The molecule has 0 spiro atoms. The molecular formula is C14H13NO5. The monoisotopic (exact) mass is 275 g/mol. The number of carboxylic acid groups (broad SMARTS) is 1. The van der Waals surface area contributed by atoms with Crippen LogP contribution in [0.25, 0.3) is 5.57 Å². The quantitative estimate of drug-likeness (QED) is 0.670. The van der Waals surface area contributed by atoms with Crippen LogP contribution in [0.3, 0.4) is 0 Å². The van der Waals surface area contributed by atoms with Crippen molar-refractivity contribution in [1.82, 2.24) is 0 Å². The maximum Gasteiger partial charge on any atom is 0.335 e. The molecule has 0 saturated carbocycles. The number of fused-ring (bicyclic) bond motifs is 1. The lowest BCUT2D eigenvalue weighted by molar-refractivity contribution is -0.122. The van der Waals surface area contributed by atoms with Gasteiger partial charge in [-0.15, -0.1) is 0 Å². The second-order valence-corrected chi connectivity index (χ2v) is 4.18. The van der Waals surface area contributed by atoms with E-state index >= 15 is 0 Å². The summed E-state index contributed by atoms with van der Waals surface area (Å²) in [5.41, 5.74) is 0.988. The van der Waals surface area contributed by atoms with Gasteiger partial charge in [-0.1, -0.05) is 0 Å². The predicted molar refractivity (Wildman–Crippen MR) is 71.2 cm³/mol. The van der Waals surface area contributed by atoms with E-state index in [1.165, 1.54) is 31.4 Å². The van der Waals surface area contributed by atoms with Crippen LogP contribution < -0.4 is 4.90 Å². The fourth-order valence-corrected chi connectivity index (χ4v) is 2.02. The number of hydrogen-bond acceptors (Lipinski definition) is 4. The highest BCUT2D eigenvalue weighted by Crippen LogP contribution is 2.37. The molecular weight excluding hydrogens is 262 g/mol. The SMILES string of the molecule is CCOC=C1C(=O)N(C(C)=O)c2ccc(C(=O)O)cc21. The van der Waals surface area contributed by atoms with Gasteiger partial charge in [-0.05, 0) is 25.1 Å². The average Bonchev–Trinajstić information content (AvgIpc) is 2.67. The second-order valence-electron chi connectivity index (χ2n) is 4.18. The Labute approximate surface area is 115 Å². The molecule has 1 heterocycles. The number of benzene rings is 1. The van der Waals surface area contributed by atoms with E-state index in [1.807, 2.05) is 0 Å². The maximum absolute atomic E-state index is 12.2. The lowest BCUT2D eigenvalue weighted by atomic mass is 10.1. The van der Waals surface area contributed by atoms with Crippen molar-refractivity contribution in [3.8, 4) is 0 Å². The molecule has 0 bridgehead atoms. The average molecular weight is 275 g/mol. The maximum atomic E-state index is 12.2. The predicted octanol–water partition coefficient (Wildman–Crippen LogP) is 1.66. The Morgan fingerprint density at radius 1 is 1.40 bits per heavy atom. The molecule has 1 aromatic carbocycles. The lowest BCUT2D eigenvalue weighted by Gasteiger charge is -2.11. The summed E-state index contributed by atoms with van der Waals surface area (Å²) < 4.78 is 5.10. The van der Waals surface area contributed by atoms with Crippen molar-refractivity contribution in [1.29, 1.82) is 0 Å². The highest BCUT2D eigenvalue weighted by molar-refractivity contribution is 6.39. The van der Waals surface area contributed by atoms with Crippen LogP contribution in [-0.4, -0.2) is 29.5 Å². The minimum atomic E-state index is -1.10. The minimum absolute atomic E-state index is 0.0457. The Hall–Kier alpha value is -2.63. The molecule has 0 aliphatic carbocycles. The van der Waals surface area contributed by atoms with Crippen LogP contribution in [-0.2, 0) is 14.3 Å². The third-order valence-corrected chi connectivity index (χ3v) is 2.89. The van der Waals surface area contributed by atoms with E-state index in [9.17, 15) is 14.4 Å². The van der Waals surface area contributed by atoms with Gasteiger partial charge >= 0.3 is 5.97 Å². The van der Waals surface area contributed by atoms with Crippen molar-refractivity contribution in [2.24, 2.45) is 0 Å². The first kappa shape index (κ1) is 13.8. The Morgan fingerprint density at radius 3 is 2.65 bits per heavy atom. The number of carboxylic acids is 1. The number of amides is 2. The molecule has 1 N–H and O–H groups in total. The van der Waals surface area contributed by atoms with Crippen LogP contribution >= 0.6 is 0 Å². The van der Waals surface area contributed by atoms with Gasteiger partial charge in [-0.25, -0.2) is 9.69 Å². The molecule has 0 atom stereocenters. The van der Waals surface area contributed by atoms with Gasteiger partial charge in [-0.2, -0.15) is 0 Å². The summed E-state index contributed by atoms with van der Waals surface area (Å²) in [5, 5.41) is 9.00. The van der Waals surface area contributed by atoms with Crippen molar-refractivity contribution >= 4 is 29.0 Å². The van der Waals surface area contributed by atoms with Gasteiger partial charge < -0.3 is 9.84 Å². The Balaban J connectivity index is 2.61. The Morgan fingerprint density at radius 2 is 2.10 bits per heavy atom. The van der Waals surface area contributed by atoms with Gasteiger partial charge in [0, 0.05) is 12.5 Å². The summed E-state index contributed by atoms with van der Waals surface area (Å²) in [6.45, 7) is 3.40. The summed E-state index contributed by atoms with van der Waals surface area (Å²) >= 11 is 0. The van der Waals surface area contributed by atoms with Gasteiger partial charge in [0.05, 0.1) is 29.7 Å². The molecule has 1 aromatic rings. The van der Waals surface area contributed by atoms with Crippen molar-refractivity contribution in [2.45, 2.75) is 13.8 Å². The molecule has 0 unspecified atom stereocenters. The van der Waals surface area contributed by atoms with Crippen molar-refractivity contribution in [3.05, 3.63) is 35.6 Å². The van der Waals surface area contributed by atoms with Gasteiger partial charge in [0.2, 0.25) is 5.91 Å². The first-order valence-corrected chi connectivity index (χ1v) is 6.01. The van der Waals surface area contributed by atoms with Crippen molar-refractivity contribution in [2.75, 3.05) is 11.5 Å². The van der Waals surface area contributed by atoms with E-state index in [-0.39, 0.29) is 11.1 Å². The number of aromatic carboxylic acids is 1. The van der Waals surface area contributed by atoms with E-state index in [0.29, 0.717) is 17.9 Å². The van der Waals surface area contributed by atoms with Crippen LogP contribution in [0.15, 0.2) is 24.5 Å². The van der Waals surface area contributed by atoms with E-state index in [4.69, 9.17) is 9.84 Å². The molecule has 104 valence electrons. The first-order valence-electron chi connectivity index (χ1n) is 6.01.